The van der Waals surface area contributed by atoms with E-state index in [1.807, 2.05) is 0 Å². The van der Waals surface area contributed by atoms with Crippen LogP contribution >= 0.6 is 0 Å². The zero-order valence-electron chi connectivity index (χ0n) is 10.1. The molecule has 0 aliphatic heterocycles. The lowest BCUT2D eigenvalue weighted by Gasteiger charge is -2.08. The molecule has 2 rings (SSSR count). The molecule has 0 aliphatic rings. The minimum Gasteiger partial charge on any atom is -0.207 e. The summed E-state index contributed by atoms with van der Waals surface area (Å²) in [5.41, 5.74) is -1.90. The Kier molecular flexibility index (Phi) is 3.79. The Morgan fingerprint density at radius 2 is 1.40 bits per heavy atom. The highest BCUT2D eigenvalue weighted by Gasteiger charge is 2.21. The number of rotatable bonds is 2. The van der Waals surface area contributed by atoms with Gasteiger partial charge in [0.2, 0.25) is 7.28 Å². The van der Waals surface area contributed by atoms with Crippen LogP contribution in [0.4, 0.5) is 26.3 Å². The highest BCUT2D eigenvalue weighted by Crippen LogP contribution is 2.12. The molecule has 0 amide bonds. The molecule has 0 heterocycles. The molecule has 0 saturated carbocycles. The van der Waals surface area contributed by atoms with Crippen LogP contribution in [-0.4, -0.2) is 7.28 Å². The van der Waals surface area contributed by atoms with Crippen molar-refractivity contribution in [1.82, 2.24) is 0 Å². The fourth-order valence-corrected chi connectivity index (χ4v) is 1.70. The Balaban J connectivity index is 2.54. The summed E-state index contributed by atoms with van der Waals surface area (Å²) in [6.45, 7) is 1.15. The lowest BCUT2D eigenvalue weighted by molar-refractivity contribution is 0.496. The van der Waals surface area contributed by atoms with Gasteiger partial charge in [-0.1, -0.05) is 0 Å². The summed E-state index contributed by atoms with van der Waals surface area (Å²) in [5, 5.41) is 0. The summed E-state index contributed by atoms with van der Waals surface area (Å²) in [6, 6.07) is 1.54. The van der Waals surface area contributed by atoms with Crippen LogP contribution < -0.4 is 10.9 Å². The standard InChI is InChI=1S/C13H6BF6/c1-5-2-8(16)10(13(20)11(5)18)14-7-3-6(15)4-9(17)12(7)19/h2-4H,1H3. The third-order valence-electron chi connectivity index (χ3n) is 2.70. The summed E-state index contributed by atoms with van der Waals surface area (Å²) >= 11 is 0. The zero-order valence-corrected chi connectivity index (χ0v) is 10.1. The van der Waals surface area contributed by atoms with Crippen molar-refractivity contribution in [2.45, 2.75) is 6.92 Å². The smallest absolute Gasteiger partial charge is 0.203 e. The van der Waals surface area contributed by atoms with Gasteiger partial charge in [-0.2, -0.15) is 0 Å². The molecule has 0 aliphatic carbocycles. The van der Waals surface area contributed by atoms with E-state index in [4.69, 9.17) is 0 Å². The highest BCUT2D eigenvalue weighted by molar-refractivity contribution is 6.67. The predicted octanol–water partition coefficient (Wildman–Crippen LogP) is 2.48. The quantitative estimate of drug-likeness (QED) is 0.452. The molecular formula is C13H6BF6. The lowest BCUT2D eigenvalue weighted by Crippen LogP contribution is -2.36. The molecule has 1 radical (unpaired) electrons. The summed E-state index contributed by atoms with van der Waals surface area (Å²) in [7, 11) is 0.509. The van der Waals surface area contributed by atoms with E-state index in [0.29, 0.717) is 19.4 Å². The van der Waals surface area contributed by atoms with Gasteiger partial charge in [-0.25, -0.2) is 26.3 Å². The van der Waals surface area contributed by atoms with Crippen LogP contribution in [0.1, 0.15) is 5.56 Å². The Hall–Kier alpha value is -1.92. The first-order valence-corrected chi connectivity index (χ1v) is 5.44. The first kappa shape index (κ1) is 14.5. The number of benzene rings is 2. The van der Waals surface area contributed by atoms with E-state index < -0.39 is 45.8 Å². The summed E-state index contributed by atoms with van der Waals surface area (Å²) in [6.07, 6.45) is 0. The molecule has 0 fully saturated rings. The minimum atomic E-state index is -1.55. The van der Waals surface area contributed by atoms with Gasteiger partial charge in [0.1, 0.15) is 11.6 Å². The van der Waals surface area contributed by atoms with E-state index >= 15 is 0 Å². The summed E-state index contributed by atoms with van der Waals surface area (Å²) in [4.78, 5) is 0. The van der Waals surface area contributed by atoms with E-state index in [-0.39, 0.29) is 11.6 Å². The van der Waals surface area contributed by atoms with E-state index in [2.05, 4.69) is 0 Å². The average molecular weight is 287 g/mol. The molecule has 20 heavy (non-hydrogen) atoms. The third kappa shape index (κ3) is 2.52. The van der Waals surface area contributed by atoms with Gasteiger partial charge >= 0.3 is 0 Å². The summed E-state index contributed by atoms with van der Waals surface area (Å²) < 4.78 is 79.8. The molecule has 0 N–H and O–H groups in total. The molecule has 2 aromatic rings. The van der Waals surface area contributed by atoms with Crippen molar-refractivity contribution in [2.75, 3.05) is 0 Å². The topological polar surface area (TPSA) is 0 Å². The molecule has 0 unspecified atom stereocenters. The van der Waals surface area contributed by atoms with Gasteiger partial charge < -0.3 is 0 Å². The SMILES string of the molecule is Cc1cc(F)c([B]c2cc(F)cc(F)c2F)c(F)c1F. The normalized spacial score (nSPS) is 10.8. The molecule has 7 heteroatoms. The van der Waals surface area contributed by atoms with E-state index in [1.54, 1.807) is 0 Å². The average Bonchev–Trinajstić information content (AvgIpc) is 2.37. The third-order valence-corrected chi connectivity index (χ3v) is 2.70. The first-order valence-electron chi connectivity index (χ1n) is 5.44. The second-order valence-corrected chi connectivity index (χ2v) is 4.15. The molecule has 0 spiro atoms. The largest absolute Gasteiger partial charge is 0.207 e. The van der Waals surface area contributed by atoms with Gasteiger partial charge in [0.15, 0.2) is 23.3 Å². The van der Waals surface area contributed by atoms with Crippen LogP contribution in [0.2, 0.25) is 0 Å². The Labute approximate surface area is 111 Å². The van der Waals surface area contributed by atoms with Crippen LogP contribution in [0.15, 0.2) is 18.2 Å². The van der Waals surface area contributed by atoms with Crippen molar-refractivity contribution in [3.63, 3.8) is 0 Å². The fraction of sp³-hybridized carbons (Fsp3) is 0.0769. The molecular weight excluding hydrogens is 281 g/mol. The predicted molar refractivity (Wildman–Crippen MR) is 62.4 cm³/mol. The molecule has 0 bridgehead atoms. The second kappa shape index (κ2) is 5.23. The van der Waals surface area contributed by atoms with E-state index in [9.17, 15) is 26.3 Å². The second-order valence-electron chi connectivity index (χ2n) is 4.15. The Morgan fingerprint density at radius 3 is 2.05 bits per heavy atom. The monoisotopic (exact) mass is 287 g/mol. The molecule has 0 aromatic heterocycles. The van der Waals surface area contributed by atoms with Crippen molar-refractivity contribution in [2.24, 2.45) is 0 Å². The van der Waals surface area contributed by atoms with Crippen molar-refractivity contribution in [3.05, 3.63) is 58.7 Å². The minimum absolute atomic E-state index is 0.275. The zero-order chi connectivity index (χ0) is 15.0. The van der Waals surface area contributed by atoms with Gasteiger partial charge in [0.05, 0.1) is 0 Å². The molecule has 103 valence electrons. The fourth-order valence-electron chi connectivity index (χ4n) is 1.70. The van der Waals surface area contributed by atoms with Gasteiger partial charge in [0.25, 0.3) is 0 Å². The Bertz CT molecular complexity index is 683. The van der Waals surface area contributed by atoms with Gasteiger partial charge in [0, 0.05) is 6.07 Å². The van der Waals surface area contributed by atoms with Crippen LogP contribution in [0.25, 0.3) is 0 Å². The van der Waals surface area contributed by atoms with Crippen molar-refractivity contribution >= 4 is 18.2 Å². The summed E-state index contributed by atoms with van der Waals surface area (Å²) in [5.74, 6) is -8.13. The molecule has 0 nitrogen and oxygen atoms in total. The number of hydrogen-bond acceptors (Lipinski definition) is 0. The first-order chi connectivity index (χ1) is 9.31. The lowest BCUT2D eigenvalue weighted by atomic mass is 9.63. The maximum absolute atomic E-state index is 13.6. The molecule has 0 atom stereocenters. The van der Waals surface area contributed by atoms with Crippen LogP contribution in [0.5, 0.6) is 0 Å². The van der Waals surface area contributed by atoms with Crippen molar-refractivity contribution in [1.29, 1.82) is 0 Å². The van der Waals surface area contributed by atoms with E-state index in [0.717, 1.165) is 6.92 Å². The maximum Gasteiger partial charge on any atom is 0.203 e. The van der Waals surface area contributed by atoms with Gasteiger partial charge in [-0.3, -0.25) is 0 Å². The van der Waals surface area contributed by atoms with Crippen LogP contribution in [-0.2, 0) is 0 Å². The number of halogens is 6. The maximum atomic E-state index is 13.6. The van der Waals surface area contributed by atoms with Crippen LogP contribution in [0, 0.1) is 41.8 Å². The molecule has 2 aromatic carbocycles. The highest BCUT2D eigenvalue weighted by atomic mass is 19.2. The van der Waals surface area contributed by atoms with Crippen molar-refractivity contribution < 1.29 is 26.3 Å². The number of hydrogen-bond donors (Lipinski definition) is 0. The number of aryl methyl sites for hydroxylation is 1. The Morgan fingerprint density at radius 1 is 0.750 bits per heavy atom. The van der Waals surface area contributed by atoms with Crippen LogP contribution in [0.3, 0.4) is 0 Å². The molecule has 0 saturated heterocycles. The van der Waals surface area contributed by atoms with Gasteiger partial charge in [-0.15, -0.1) is 0 Å². The van der Waals surface area contributed by atoms with Crippen molar-refractivity contribution in [3.8, 4) is 0 Å². The van der Waals surface area contributed by atoms with E-state index in [1.165, 1.54) is 0 Å². The van der Waals surface area contributed by atoms with Gasteiger partial charge in [-0.05, 0) is 35.5 Å².